The van der Waals surface area contributed by atoms with Crippen LogP contribution in [0.5, 0.6) is 0 Å². The molecule has 0 saturated carbocycles. The molecule has 8 heteroatoms. The molecule has 0 unspecified atom stereocenters. The zero-order valence-corrected chi connectivity index (χ0v) is 17.9. The zero-order valence-electron chi connectivity index (χ0n) is 17.0. The van der Waals surface area contributed by atoms with Gasteiger partial charge in [0.05, 0.1) is 0 Å². The molecule has 2 fully saturated rings. The molecule has 0 spiro atoms. The Morgan fingerprint density at radius 1 is 0.931 bits per heavy atom. The predicted octanol–water partition coefficient (Wildman–Crippen LogP) is 2.08. The number of piperazine rings is 1. The minimum Gasteiger partial charge on any atom is -0.368 e. The van der Waals surface area contributed by atoms with Gasteiger partial charge < -0.3 is 14.4 Å². The van der Waals surface area contributed by atoms with Gasteiger partial charge in [-0.25, -0.2) is 8.42 Å². The van der Waals surface area contributed by atoms with Crippen molar-refractivity contribution in [1.82, 2.24) is 13.8 Å². The van der Waals surface area contributed by atoms with Crippen LogP contribution in [0, 0.1) is 6.92 Å². The molecule has 29 heavy (non-hydrogen) atoms. The van der Waals surface area contributed by atoms with Crippen LogP contribution in [0.2, 0.25) is 0 Å². The summed E-state index contributed by atoms with van der Waals surface area (Å²) in [7, 11) is -1.78. The summed E-state index contributed by atoms with van der Waals surface area (Å²) >= 11 is 0. The van der Waals surface area contributed by atoms with Crippen molar-refractivity contribution in [3.05, 3.63) is 47.8 Å². The fourth-order valence-corrected chi connectivity index (χ4v) is 5.96. The maximum atomic E-state index is 13.2. The second-order valence-corrected chi connectivity index (χ2v) is 9.67. The van der Waals surface area contributed by atoms with Gasteiger partial charge in [0, 0.05) is 57.7 Å². The number of nitrogens with zero attached hydrogens (tertiary/aromatic N) is 4. The van der Waals surface area contributed by atoms with Crippen molar-refractivity contribution in [2.24, 2.45) is 7.05 Å². The molecular formula is C21H28N4O3S. The van der Waals surface area contributed by atoms with Crippen molar-refractivity contribution in [2.45, 2.75) is 24.7 Å². The quantitative estimate of drug-likeness (QED) is 0.766. The van der Waals surface area contributed by atoms with E-state index in [-0.39, 0.29) is 10.8 Å². The lowest BCUT2D eigenvalue weighted by atomic mass is 10.2. The summed E-state index contributed by atoms with van der Waals surface area (Å²) in [6, 6.07) is 11.7. The first-order chi connectivity index (χ1) is 13.9. The third-order valence-corrected chi connectivity index (χ3v) is 8.09. The molecule has 0 radical (unpaired) electrons. The highest BCUT2D eigenvalue weighted by Crippen LogP contribution is 2.27. The van der Waals surface area contributed by atoms with E-state index in [1.165, 1.54) is 4.31 Å². The van der Waals surface area contributed by atoms with Gasteiger partial charge in [0.15, 0.2) is 0 Å². The van der Waals surface area contributed by atoms with Gasteiger partial charge in [-0.1, -0.05) is 18.2 Å². The van der Waals surface area contributed by atoms with E-state index >= 15 is 0 Å². The number of rotatable bonds is 4. The molecule has 4 rings (SSSR count). The number of para-hydroxylation sites is 1. The summed E-state index contributed by atoms with van der Waals surface area (Å²) in [5, 5.41) is 0. The number of hydrogen-bond acceptors (Lipinski definition) is 4. The average Bonchev–Trinajstić information content (AvgIpc) is 3.39. The van der Waals surface area contributed by atoms with Crippen molar-refractivity contribution >= 4 is 21.6 Å². The molecule has 2 saturated heterocycles. The van der Waals surface area contributed by atoms with E-state index in [1.54, 1.807) is 24.6 Å². The first-order valence-corrected chi connectivity index (χ1v) is 11.6. The van der Waals surface area contributed by atoms with Crippen LogP contribution < -0.4 is 4.90 Å². The van der Waals surface area contributed by atoms with E-state index in [1.807, 2.05) is 23.1 Å². The van der Waals surface area contributed by atoms with Crippen molar-refractivity contribution in [2.75, 3.05) is 44.2 Å². The Bertz CT molecular complexity index is 986. The number of carbonyl (C=O) groups is 1. The Labute approximate surface area is 172 Å². The highest BCUT2D eigenvalue weighted by Gasteiger charge is 2.33. The number of anilines is 1. The Balaban J connectivity index is 1.51. The molecule has 0 bridgehead atoms. The van der Waals surface area contributed by atoms with Gasteiger partial charge in [0.2, 0.25) is 10.0 Å². The van der Waals surface area contributed by atoms with Crippen LogP contribution in [-0.2, 0) is 17.1 Å². The number of benzene rings is 1. The Morgan fingerprint density at radius 3 is 2.17 bits per heavy atom. The molecule has 3 heterocycles. The summed E-state index contributed by atoms with van der Waals surface area (Å²) in [5.74, 6) is -0.105. The van der Waals surface area contributed by atoms with E-state index in [0.29, 0.717) is 37.6 Å². The first kappa shape index (κ1) is 20.0. The van der Waals surface area contributed by atoms with Gasteiger partial charge in [-0.3, -0.25) is 4.79 Å². The summed E-state index contributed by atoms with van der Waals surface area (Å²) in [4.78, 5) is 17.5. The molecule has 7 nitrogen and oxygen atoms in total. The zero-order chi connectivity index (χ0) is 20.6. The monoisotopic (exact) mass is 416 g/mol. The lowest BCUT2D eigenvalue weighted by Gasteiger charge is -2.36. The minimum atomic E-state index is -3.55. The van der Waals surface area contributed by atoms with E-state index in [9.17, 15) is 13.2 Å². The maximum Gasteiger partial charge on any atom is 0.270 e. The maximum absolute atomic E-state index is 13.2. The molecule has 2 aliphatic rings. The van der Waals surface area contributed by atoms with Crippen molar-refractivity contribution < 1.29 is 13.2 Å². The van der Waals surface area contributed by atoms with Gasteiger partial charge in [0.1, 0.15) is 10.6 Å². The molecule has 2 aliphatic heterocycles. The van der Waals surface area contributed by atoms with Crippen molar-refractivity contribution in [1.29, 1.82) is 0 Å². The highest BCUT2D eigenvalue weighted by atomic mass is 32.2. The molecule has 1 amide bonds. The van der Waals surface area contributed by atoms with E-state index in [2.05, 4.69) is 17.0 Å². The summed E-state index contributed by atoms with van der Waals surface area (Å²) in [5.41, 5.74) is 2.21. The van der Waals surface area contributed by atoms with Gasteiger partial charge in [-0.05, 0) is 38.0 Å². The Hall–Kier alpha value is -2.32. The molecule has 2 aromatic rings. The molecule has 156 valence electrons. The summed E-state index contributed by atoms with van der Waals surface area (Å²) in [6.07, 6.45) is 1.78. The smallest absolute Gasteiger partial charge is 0.270 e. The normalized spacial score (nSPS) is 18.4. The largest absolute Gasteiger partial charge is 0.368 e. The van der Waals surface area contributed by atoms with Crippen LogP contribution >= 0.6 is 0 Å². The summed E-state index contributed by atoms with van der Waals surface area (Å²) in [6.45, 7) is 5.64. The fourth-order valence-electron chi connectivity index (χ4n) is 4.17. The second kappa shape index (κ2) is 7.84. The van der Waals surface area contributed by atoms with Gasteiger partial charge in [-0.2, -0.15) is 4.31 Å². The highest BCUT2D eigenvalue weighted by molar-refractivity contribution is 7.89. The molecule has 1 aromatic carbocycles. The van der Waals surface area contributed by atoms with Crippen LogP contribution in [-0.4, -0.2) is 67.4 Å². The van der Waals surface area contributed by atoms with Gasteiger partial charge >= 0.3 is 0 Å². The third-order valence-electron chi connectivity index (χ3n) is 6.08. The first-order valence-electron chi connectivity index (χ1n) is 10.2. The number of aromatic nitrogens is 1. The standard InChI is InChI=1S/C21H28N4O3S/c1-17-20(29(27,28)25-10-6-7-11-25)16-19(22(17)2)21(26)24-14-12-23(13-15-24)18-8-4-3-5-9-18/h3-5,8-9,16H,6-7,10-15H2,1-2H3. The lowest BCUT2D eigenvalue weighted by Crippen LogP contribution is -2.49. The average molecular weight is 417 g/mol. The topological polar surface area (TPSA) is 65.9 Å². The molecule has 0 atom stereocenters. The molecule has 0 N–H and O–H groups in total. The molecule has 0 aliphatic carbocycles. The van der Waals surface area contributed by atoms with Crippen LogP contribution in [0.15, 0.2) is 41.3 Å². The Kier molecular flexibility index (Phi) is 5.40. The SMILES string of the molecule is Cc1c(S(=O)(=O)N2CCCC2)cc(C(=O)N2CCN(c3ccccc3)CC2)n1C. The van der Waals surface area contributed by atoms with Gasteiger partial charge in [-0.15, -0.1) is 0 Å². The third kappa shape index (κ3) is 3.67. The van der Waals surface area contributed by atoms with Gasteiger partial charge in [0.25, 0.3) is 5.91 Å². The Morgan fingerprint density at radius 2 is 1.55 bits per heavy atom. The molecular weight excluding hydrogens is 388 g/mol. The van der Waals surface area contributed by atoms with Crippen molar-refractivity contribution in [3.63, 3.8) is 0 Å². The number of sulfonamides is 1. The van der Waals surface area contributed by atoms with Crippen LogP contribution in [0.4, 0.5) is 5.69 Å². The number of amides is 1. The van der Waals surface area contributed by atoms with E-state index < -0.39 is 10.0 Å². The van der Waals surface area contributed by atoms with Crippen LogP contribution in [0.1, 0.15) is 29.0 Å². The van der Waals surface area contributed by atoms with Crippen LogP contribution in [0.3, 0.4) is 0 Å². The summed E-state index contributed by atoms with van der Waals surface area (Å²) < 4.78 is 29.2. The minimum absolute atomic E-state index is 0.105. The van der Waals surface area contributed by atoms with E-state index in [4.69, 9.17) is 0 Å². The lowest BCUT2D eigenvalue weighted by molar-refractivity contribution is 0.0737. The van der Waals surface area contributed by atoms with E-state index in [0.717, 1.165) is 31.6 Å². The predicted molar refractivity (Wildman–Crippen MR) is 113 cm³/mol. The number of carbonyl (C=O) groups excluding carboxylic acids is 1. The molecule has 1 aromatic heterocycles. The second-order valence-electron chi connectivity index (χ2n) is 7.76. The fraction of sp³-hybridized carbons (Fsp3) is 0.476. The van der Waals surface area contributed by atoms with Crippen LogP contribution in [0.25, 0.3) is 0 Å². The number of hydrogen-bond donors (Lipinski definition) is 0. The van der Waals surface area contributed by atoms with Crippen molar-refractivity contribution in [3.8, 4) is 0 Å².